The van der Waals surface area contributed by atoms with Crippen LogP contribution in [0, 0.1) is 5.92 Å². The van der Waals surface area contributed by atoms with Gasteiger partial charge in [-0.05, 0) is 42.2 Å². The van der Waals surface area contributed by atoms with Crippen LogP contribution in [0.5, 0.6) is 11.5 Å². The maximum atomic E-state index is 13.3. The van der Waals surface area contributed by atoms with Gasteiger partial charge in [-0.15, -0.1) is 0 Å². The van der Waals surface area contributed by atoms with Crippen LogP contribution < -0.4 is 20.3 Å². The average molecular weight is 480 g/mol. The van der Waals surface area contributed by atoms with Crippen molar-refractivity contribution < 1.29 is 18.7 Å². The van der Waals surface area contributed by atoms with E-state index in [1.54, 1.807) is 4.57 Å². The summed E-state index contributed by atoms with van der Waals surface area (Å²) in [7, 11) is 0. The molecule has 5 rings (SSSR count). The first-order chi connectivity index (χ1) is 16.5. The van der Waals surface area contributed by atoms with Crippen LogP contribution >= 0.6 is 11.8 Å². The molecular weight excluding hydrogens is 454 g/mol. The van der Waals surface area contributed by atoms with E-state index in [-0.39, 0.29) is 29.6 Å². The highest BCUT2D eigenvalue weighted by molar-refractivity contribution is 7.99. The molecule has 2 aromatic heterocycles. The number of para-hydroxylation sites is 1. The molecular formula is C25H25N3O5S. The van der Waals surface area contributed by atoms with Crippen LogP contribution in [0.3, 0.4) is 0 Å². The van der Waals surface area contributed by atoms with Crippen LogP contribution in [0.2, 0.25) is 0 Å². The second kappa shape index (κ2) is 9.42. The number of benzene rings is 2. The second-order valence-corrected chi connectivity index (χ2v) is 9.51. The van der Waals surface area contributed by atoms with Gasteiger partial charge in [-0.1, -0.05) is 43.8 Å². The number of ether oxygens (including phenoxy) is 2. The van der Waals surface area contributed by atoms with E-state index in [0.717, 1.165) is 17.4 Å². The van der Waals surface area contributed by atoms with Crippen molar-refractivity contribution in [2.45, 2.75) is 38.5 Å². The minimum absolute atomic E-state index is 0.139. The standard InChI is InChI=1S/C25H25N3O5S/c1-15(2)9-10-28-24(30)23-22(17-5-3-4-6-18(17)33-23)27-25(28)34-13-21(29)26-12-16-7-8-19-20(11-16)32-14-31-19/h3-8,11,15H,9-10,12-14H2,1-2H3,(H,26,29). The van der Waals surface area contributed by atoms with Gasteiger partial charge in [-0.25, -0.2) is 4.98 Å². The summed E-state index contributed by atoms with van der Waals surface area (Å²) in [4.78, 5) is 30.6. The number of hydrogen-bond acceptors (Lipinski definition) is 7. The van der Waals surface area contributed by atoms with Crippen LogP contribution in [-0.2, 0) is 17.9 Å². The maximum Gasteiger partial charge on any atom is 0.297 e. The lowest BCUT2D eigenvalue weighted by Crippen LogP contribution is -2.27. The van der Waals surface area contributed by atoms with Gasteiger partial charge in [0.25, 0.3) is 5.56 Å². The van der Waals surface area contributed by atoms with Gasteiger partial charge in [0.2, 0.25) is 18.3 Å². The number of thioether (sulfide) groups is 1. The maximum absolute atomic E-state index is 13.3. The molecule has 2 aromatic carbocycles. The molecule has 0 fully saturated rings. The molecule has 4 aromatic rings. The van der Waals surface area contributed by atoms with Crippen LogP contribution in [0.4, 0.5) is 0 Å². The van der Waals surface area contributed by atoms with E-state index in [2.05, 4.69) is 19.2 Å². The summed E-state index contributed by atoms with van der Waals surface area (Å²) in [6.07, 6.45) is 0.817. The van der Waals surface area contributed by atoms with E-state index in [4.69, 9.17) is 18.9 Å². The van der Waals surface area contributed by atoms with E-state index in [1.165, 1.54) is 11.8 Å². The molecule has 0 saturated heterocycles. The Morgan fingerprint density at radius 2 is 2.00 bits per heavy atom. The number of hydrogen-bond donors (Lipinski definition) is 1. The summed E-state index contributed by atoms with van der Waals surface area (Å²) >= 11 is 1.26. The van der Waals surface area contributed by atoms with Gasteiger partial charge in [0.05, 0.1) is 5.75 Å². The molecule has 1 aliphatic rings. The Kier molecular flexibility index (Phi) is 6.19. The van der Waals surface area contributed by atoms with Crippen molar-refractivity contribution in [3.05, 3.63) is 58.4 Å². The molecule has 0 atom stereocenters. The number of fused-ring (bicyclic) bond motifs is 4. The summed E-state index contributed by atoms with van der Waals surface area (Å²) in [5, 5.41) is 4.22. The van der Waals surface area contributed by atoms with E-state index in [0.29, 0.717) is 46.8 Å². The SMILES string of the molecule is CC(C)CCn1c(SCC(=O)NCc2ccc3c(c2)OCO3)nc2c(oc3ccccc32)c1=O. The van der Waals surface area contributed by atoms with Crippen molar-refractivity contribution in [1.29, 1.82) is 0 Å². The van der Waals surface area contributed by atoms with Crippen LogP contribution in [0.1, 0.15) is 25.8 Å². The predicted octanol–water partition coefficient (Wildman–Crippen LogP) is 4.33. The fourth-order valence-corrected chi connectivity index (χ4v) is 4.63. The minimum Gasteiger partial charge on any atom is -0.454 e. The predicted molar refractivity (Wildman–Crippen MR) is 130 cm³/mol. The molecule has 8 nitrogen and oxygen atoms in total. The van der Waals surface area contributed by atoms with Gasteiger partial charge < -0.3 is 19.2 Å². The quantitative estimate of drug-likeness (QED) is 0.297. The first-order valence-electron chi connectivity index (χ1n) is 11.2. The molecule has 9 heteroatoms. The largest absolute Gasteiger partial charge is 0.454 e. The first-order valence-corrected chi connectivity index (χ1v) is 12.2. The molecule has 0 spiro atoms. The summed E-state index contributed by atoms with van der Waals surface area (Å²) in [5.74, 6) is 1.80. The summed E-state index contributed by atoms with van der Waals surface area (Å²) in [5.41, 5.74) is 2.11. The highest BCUT2D eigenvalue weighted by Crippen LogP contribution is 2.32. The smallest absolute Gasteiger partial charge is 0.297 e. The van der Waals surface area contributed by atoms with Gasteiger partial charge in [-0.2, -0.15) is 0 Å². The molecule has 1 amide bonds. The molecule has 3 heterocycles. The Bertz CT molecular complexity index is 1430. The number of nitrogens with zero attached hydrogens (tertiary/aromatic N) is 2. The molecule has 0 radical (unpaired) electrons. The first kappa shape index (κ1) is 22.3. The third-order valence-corrected chi connectivity index (χ3v) is 6.61. The van der Waals surface area contributed by atoms with Crippen LogP contribution in [0.25, 0.3) is 22.1 Å². The summed E-state index contributed by atoms with van der Waals surface area (Å²) < 4.78 is 18.2. The minimum atomic E-state index is -0.217. The average Bonchev–Trinajstić information content (AvgIpc) is 3.45. The van der Waals surface area contributed by atoms with Gasteiger partial charge in [0.1, 0.15) is 11.1 Å². The van der Waals surface area contributed by atoms with Crippen LogP contribution in [-0.4, -0.2) is 28.0 Å². The molecule has 0 unspecified atom stereocenters. The Balaban J connectivity index is 1.35. The highest BCUT2D eigenvalue weighted by Gasteiger charge is 2.19. The van der Waals surface area contributed by atoms with E-state index < -0.39 is 0 Å². The van der Waals surface area contributed by atoms with Gasteiger partial charge >= 0.3 is 0 Å². The highest BCUT2D eigenvalue weighted by atomic mass is 32.2. The molecule has 0 aliphatic carbocycles. The van der Waals surface area contributed by atoms with Gasteiger partial charge in [0.15, 0.2) is 16.7 Å². The van der Waals surface area contributed by atoms with Gasteiger partial charge in [0, 0.05) is 18.5 Å². The molecule has 0 bridgehead atoms. The summed E-state index contributed by atoms with van der Waals surface area (Å²) in [6.45, 7) is 5.30. The molecule has 1 aliphatic heterocycles. The normalized spacial score (nSPS) is 12.7. The Labute approximate surface area is 200 Å². The zero-order chi connectivity index (χ0) is 23.7. The molecule has 1 N–H and O–H groups in total. The fraction of sp³-hybridized carbons (Fsp3) is 0.320. The lowest BCUT2D eigenvalue weighted by Gasteiger charge is -2.13. The van der Waals surface area contributed by atoms with E-state index >= 15 is 0 Å². The molecule has 34 heavy (non-hydrogen) atoms. The number of aromatic nitrogens is 2. The number of carbonyl (C=O) groups is 1. The number of rotatable bonds is 8. The third-order valence-electron chi connectivity index (χ3n) is 5.64. The second-order valence-electron chi connectivity index (χ2n) is 8.56. The van der Waals surface area contributed by atoms with E-state index in [9.17, 15) is 9.59 Å². The third kappa shape index (κ3) is 4.48. The number of furan rings is 1. The monoisotopic (exact) mass is 479 g/mol. The van der Waals surface area contributed by atoms with Crippen molar-refractivity contribution >= 4 is 39.7 Å². The lowest BCUT2D eigenvalue weighted by atomic mass is 10.1. The van der Waals surface area contributed by atoms with Gasteiger partial charge in [-0.3, -0.25) is 14.2 Å². The zero-order valence-corrected chi connectivity index (χ0v) is 19.8. The van der Waals surface area contributed by atoms with Crippen molar-refractivity contribution in [3.8, 4) is 11.5 Å². The van der Waals surface area contributed by atoms with Crippen molar-refractivity contribution in [2.75, 3.05) is 12.5 Å². The fourth-order valence-electron chi connectivity index (χ4n) is 3.78. The Morgan fingerprint density at radius 1 is 1.18 bits per heavy atom. The zero-order valence-electron chi connectivity index (χ0n) is 19.0. The molecule has 0 saturated carbocycles. The summed E-state index contributed by atoms with van der Waals surface area (Å²) in [6, 6.07) is 13.1. The van der Waals surface area contributed by atoms with Crippen molar-refractivity contribution in [2.24, 2.45) is 5.92 Å². The number of amides is 1. The van der Waals surface area contributed by atoms with E-state index in [1.807, 2.05) is 42.5 Å². The Morgan fingerprint density at radius 3 is 2.85 bits per heavy atom. The number of nitrogens with one attached hydrogen (secondary N) is 1. The number of carbonyl (C=O) groups excluding carboxylic acids is 1. The lowest BCUT2D eigenvalue weighted by molar-refractivity contribution is -0.118. The topological polar surface area (TPSA) is 95.6 Å². The van der Waals surface area contributed by atoms with Crippen molar-refractivity contribution in [3.63, 3.8) is 0 Å². The molecule has 176 valence electrons. The Hall–Kier alpha value is -3.46. The van der Waals surface area contributed by atoms with Crippen molar-refractivity contribution in [1.82, 2.24) is 14.9 Å². The van der Waals surface area contributed by atoms with Crippen LogP contribution in [0.15, 0.2) is 56.8 Å².